The van der Waals surface area contributed by atoms with Crippen molar-refractivity contribution in [2.75, 3.05) is 11.9 Å². The number of nitrogens with one attached hydrogen (secondary N) is 3. The van der Waals surface area contributed by atoms with Crippen LogP contribution in [-0.2, 0) is 4.79 Å². The van der Waals surface area contributed by atoms with E-state index >= 15 is 0 Å². The second-order valence-electron chi connectivity index (χ2n) is 6.71. The number of carbonyl (C=O) groups excluding carboxylic acids is 1. The third kappa shape index (κ3) is 4.02. The molecule has 0 spiro atoms. The Morgan fingerprint density at radius 3 is 2.77 bits per heavy atom. The quantitative estimate of drug-likeness (QED) is 0.445. The molecule has 4 rings (SSSR count). The van der Waals surface area contributed by atoms with E-state index in [0.717, 1.165) is 10.9 Å². The predicted molar refractivity (Wildman–Crippen MR) is 113 cm³/mol. The molecular formula is C20H23F3N6O. The SMILES string of the molecule is C[C@H](Nc1nc(-c2ccnc3[nH]ccc23)nc2ccccc12)C(=O)NCC(F)(F)F.[HH].[HH].[HH]. The third-order valence-corrected chi connectivity index (χ3v) is 4.51. The number of nitrogens with zero attached hydrogens (tertiary/aromatic N) is 3. The normalized spacial score (nSPS) is 12.8. The van der Waals surface area contributed by atoms with Gasteiger partial charge in [-0.3, -0.25) is 4.79 Å². The molecule has 0 aliphatic rings. The van der Waals surface area contributed by atoms with E-state index in [9.17, 15) is 18.0 Å². The minimum absolute atomic E-state index is 0. The first-order valence-corrected chi connectivity index (χ1v) is 9.12. The summed E-state index contributed by atoms with van der Waals surface area (Å²) in [5.41, 5.74) is 2.05. The number of fused-ring (bicyclic) bond motifs is 2. The Balaban J connectivity index is 0.00000181. The highest BCUT2D eigenvalue weighted by Crippen LogP contribution is 2.29. The minimum Gasteiger partial charge on any atom is -0.358 e. The molecule has 3 N–H and O–H groups in total. The Morgan fingerprint density at radius 1 is 1.17 bits per heavy atom. The maximum absolute atomic E-state index is 12.4. The molecule has 4 aromatic rings. The molecule has 30 heavy (non-hydrogen) atoms. The first-order valence-electron chi connectivity index (χ1n) is 9.12. The van der Waals surface area contributed by atoms with Gasteiger partial charge in [-0.05, 0) is 31.2 Å². The highest BCUT2D eigenvalue weighted by Gasteiger charge is 2.29. The van der Waals surface area contributed by atoms with Crippen LogP contribution in [-0.4, -0.2) is 44.6 Å². The molecule has 10 heteroatoms. The van der Waals surface area contributed by atoms with Crippen molar-refractivity contribution in [1.82, 2.24) is 25.3 Å². The molecule has 0 saturated carbocycles. The molecule has 3 heterocycles. The molecule has 0 unspecified atom stereocenters. The summed E-state index contributed by atoms with van der Waals surface area (Å²) >= 11 is 0. The average Bonchev–Trinajstić information content (AvgIpc) is 3.20. The second kappa shape index (κ2) is 7.62. The van der Waals surface area contributed by atoms with E-state index in [2.05, 4.69) is 25.3 Å². The van der Waals surface area contributed by atoms with E-state index in [4.69, 9.17) is 0 Å². The number of aromatic nitrogens is 4. The van der Waals surface area contributed by atoms with Gasteiger partial charge in [-0.1, -0.05) is 12.1 Å². The van der Waals surface area contributed by atoms with Crippen LogP contribution in [0, 0.1) is 0 Å². The number of hydrogen-bond donors (Lipinski definition) is 3. The fourth-order valence-electron chi connectivity index (χ4n) is 3.07. The van der Waals surface area contributed by atoms with Crippen LogP contribution in [0.5, 0.6) is 0 Å². The van der Waals surface area contributed by atoms with Crippen molar-refractivity contribution in [3.05, 3.63) is 48.8 Å². The number of hydrogen-bond acceptors (Lipinski definition) is 5. The largest absolute Gasteiger partial charge is 0.405 e. The molecular weight excluding hydrogens is 397 g/mol. The van der Waals surface area contributed by atoms with Crippen molar-refractivity contribution < 1.29 is 22.2 Å². The standard InChI is InChI=1S/C20H17F3N6O.3H2/c1-11(19(30)26-10-20(21,22)23)27-18-14-4-2-3-5-15(14)28-17(29-18)13-7-9-25-16-12(13)6-8-24-16;;;/h2-9,11H,10H2,1H3,(H,24,25)(H,26,30)(H,27,28,29);3*1H/t11-;;;/m0.../s1. The van der Waals surface area contributed by atoms with Crippen LogP contribution in [0.2, 0.25) is 0 Å². The van der Waals surface area contributed by atoms with Gasteiger partial charge in [0.05, 0.1) is 5.52 Å². The molecule has 0 aliphatic carbocycles. The summed E-state index contributed by atoms with van der Waals surface area (Å²) < 4.78 is 37.2. The first-order chi connectivity index (χ1) is 14.3. The van der Waals surface area contributed by atoms with Crippen LogP contribution < -0.4 is 10.6 Å². The van der Waals surface area contributed by atoms with Crippen molar-refractivity contribution in [2.45, 2.75) is 19.1 Å². The minimum atomic E-state index is -4.48. The third-order valence-electron chi connectivity index (χ3n) is 4.51. The number of pyridine rings is 1. The lowest BCUT2D eigenvalue weighted by Gasteiger charge is -2.17. The van der Waals surface area contributed by atoms with Gasteiger partial charge >= 0.3 is 6.18 Å². The van der Waals surface area contributed by atoms with Crippen molar-refractivity contribution in [3.8, 4) is 11.4 Å². The highest BCUT2D eigenvalue weighted by atomic mass is 19.4. The van der Waals surface area contributed by atoms with Crippen molar-refractivity contribution in [1.29, 1.82) is 0 Å². The summed E-state index contributed by atoms with van der Waals surface area (Å²) in [5, 5.41) is 6.27. The number of anilines is 1. The van der Waals surface area contributed by atoms with Gasteiger partial charge < -0.3 is 15.6 Å². The van der Waals surface area contributed by atoms with Gasteiger partial charge in [0, 0.05) is 33.0 Å². The van der Waals surface area contributed by atoms with E-state index in [1.165, 1.54) is 6.92 Å². The number of H-pyrrole nitrogens is 1. The zero-order chi connectivity index (χ0) is 21.3. The van der Waals surface area contributed by atoms with Gasteiger partial charge in [-0.15, -0.1) is 0 Å². The number of para-hydroxylation sites is 1. The van der Waals surface area contributed by atoms with Crippen LogP contribution in [0.3, 0.4) is 0 Å². The van der Waals surface area contributed by atoms with E-state index in [1.807, 2.05) is 17.4 Å². The smallest absolute Gasteiger partial charge is 0.358 e. The summed E-state index contributed by atoms with van der Waals surface area (Å²) in [7, 11) is 0. The molecule has 1 aromatic carbocycles. The maximum atomic E-state index is 12.4. The summed E-state index contributed by atoms with van der Waals surface area (Å²) in [5.74, 6) is -0.0228. The van der Waals surface area contributed by atoms with E-state index in [1.54, 1.807) is 36.7 Å². The van der Waals surface area contributed by atoms with Crippen LogP contribution in [0.25, 0.3) is 33.3 Å². The fourth-order valence-corrected chi connectivity index (χ4v) is 3.07. The van der Waals surface area contributed by atoms with Gasteiger partial charge in [0.25, 0.3) is 0 Å². The van der Waals surface area contributed by atoms with Gasteiger partial charge in [0.1, 0.15) is 24.1 Å². The lowest BCUT2D eigenvalue weighted by molar-refractivity contribution is -0.138. The molecule has 0 bridgehead atoms. The molecule has 0 aliphatic heterocycles. The van der Waals surface area contributed by atoms with Crippen LogP contribution in [0.1, 0.15) is 11.2 Å². The molecule has 3 aromatic heterocycles. The monoisotopic (exact) mass is 420 g/mol. The molecule has 7 nitrogen and oxygen atoms in total. The number of rotatable bonds is 5. The van der Waals surface area contributed by atoms with Crippen LogP contribution in [0.4, 0.5) is 19.0 Å². The lowest BCUT2D eigenvalue weighted by atomic mass is 10.1. The Bertz CT molecular complexity index is 1230. The number of benzene rings is 1. The predicted octanol–water partition coefficient (Wildman–Crippen LogP) is 4.39. The number of alkyl halides is 3. The summed E-state index contributed by atoms with van der Waals surface area (Å²) in [4.78, 5) is 28.6. The molecule has 1 amide bonds. The van der Waals surface area contributed by atoms with Crippen molar-refractivity contribution >= 4 is 33.7 Å². The van der Waals surface area contributed by atoms with Gasteiger partial charge in [0.2, 0.25) is 5.91 Å². The summed E-state index contributed by atoms with van der Waals surface area (Å²) in [6.45, 7) is 0.0785. The summed E-state index contributed by atoms with van der Waals surface area (Å²) in [6, 6.07) is 9.89. The highest BCUT2D eigenvalue weighted by molar-refractivity contribution is 5.96. The first kappa shape index (κ1) is 19.6. The Hall–Kier alpha value is -3.69. The number of aromatic amines is 1. The van der Waals surface area contributed by atoms with E-state index < -0.39 is 24.7 Å². The molecule has 0 radical (unpaired) electrons. The zero-order valence-electron chi connectivity index (χ0n) is 15.8. The van der Waals surface area contributed by atoms with E-state index in [-0.39, 0.29) is 4.28 Å². The topological polar surface area (TPSA) is 95.6 Å². The average molecular weight is 420 g/mol. The number of carbonyl (C=O) groups is 1. The van der Waals surface area contributed by atoms with Gasteiger partial charge in [0.15, 0.2) is 5.82 Å². The van der Waals surface area contributed by atoms with Crippen LogP contribution >= 0.6 is 0 Å². The Labute approximate surface area is 173 Å². The Morgan fingerprint density at radius 2 is 1.97 bits per heavy atom. The summed E-state index contributed by atoms with van der Waals surface area (Å²) in [6.07, 6.45) is -1.09. The fraction of sp³-hybridized carbons (Fsp3) is 0.200. The number of halogens is 3. The second-order valence-corrected chi connectivity index (χ2v) is 6.71. The lowest BCUT2D eigenvalue weighted by Crippen LogP contribution is -2.42. The molecule has 0 saturated heterocycles. The maximum Gasteiger partial charge on any atom is 0.405 e. The van der Waals surface area contributed by atoms with Crippen molar-refractivity contribution in [2.24, 2.45) is 0 Å². The molecule has 160 valence electrons. The molecule has 1 atom stereocenters. The van der Waals surface area contributed by atoms with Gasteiger partial charge in [-0.25, -0.2) is 15.0 Å². The van der Waals surface area contributed by atoms with Crippen LogP contribution in [0.15, 0.2) is 48.8 Å². The zero-order valence-corrected chi connectivity index (χ0v) is 15.8. The number of amides is 1. The van der Waals surface area contributed by atoms with Gasteiger partial charge in [-0.2, -0.15) is 13.2 Å². The van der Waals surface area contributed by atoms with Crippen molar-refractivity contribution in [3.63, 3.8) is 0 Å². The molecule has 0 fully saturated rings. The van der Waals surface area contributed by atoms with E-state index in [0.29, 0.717) is 28.2 Å². The Kier molecular flexibility index (Phi) is 4.98.